The van der Waals surface area contributed by atoms with Crippen LogP contribution in [0.15, 0.2) is 35.5 Å². The maximum absolute atomic E-state index is 13.6. The SMILES string of the molecule is CC(c1cc(C(F)(F)F)n[nH]c1=O)n1cc(NC(=O)C(NC(=O)c2ccnn2C(C)C)C(C2CC2)C2CC2)cn1. The molecule has 214 valence electrons. The first-order valence-corrected chi connectivity index (χ1v) is 13.3. The lowest BCUT2D eigenvalue weighted by atomic mass is 9.88. The van der Waals surface area contributed by atoms with Crippen molar-refractivity contribution in [2.75, 3.05) is 5.32 Å². The summed E-state index contributed by atoms with van der Waals surface area (Å²) >= 11 is 0. The lowest BCUT2D eigenvalue weighted by Gasteiger charge is -2.27. The molecule has 0 aliphatic heterocycles. The fourth-order valence-electron chi connectivity index (χ4n) is 5.20. The molecule has 2 aliphatic rings. The van der Waals surface area contributed by atoms with Gasteiger partial charge in [-0.25, -0.2) is 5.10 Å². The molecule has 0 bridgehead atoms. The summed E-state index contributed by atoms with van der Waals surface area (Å²) < 4.78 is 42.3. The summed E-state index contributed by atoms with van der Waals surface area (Å²) in [5, 5.41) is 19.1. The predicted octanol–water partition coefficient (Wildman–Crippen LogP) is 3.55. The minimum atomic E-state index is -4.73. The Kier molecular flexibility index (Phi) is 7.27. The summed E-state index contributed by atoms with van der Waals surface area (Å²) in [7, 11) is 0. The molecule has 2 atom stereocenters. The number of anilines is 1. The maximum Gasteiger partial charge on any atom is 0.435 e. The average molecular weight is 561 g/mol. The molecule has 40 heavy (non-hydrogen) atoms. The van der Waals surface area contributed by atoms with Gasteiger partial charge in [-0.1, -0.05) is 0 Å². The van der Waals surface area contributed by atoms with Crippen molar-refractivity contribution >= 4 is 17.5 Å². The van der Waals surface area contributed by atoms with E-state index in [2.05, 4.69) is 25.9 Å². The number of amides is 2. The summed E-state index contributed by atoms with van der Waals surface area (Å²) in [6, 6.07) is 0.590. The number of H-pyrrole nitrogens is 1. The molecule has 14 heteroatoms. The Hall–Kier alpha value is -3.97. The van der Waals surface area contributed by atoms with Crippen LogP contribution in [0.25, 0.3) is 0 Å². The van der Waals surface area contributed by atoms with Crippen LogP contribution in [-0.2, 0) is 11.0 Å². The number of aromatic amines is 1. The monoisotopic (exact) mass is 560 g/mol. The molecule has 0 saturated heterocycles. The minimum Gasteiger partial charge on any atom is -0.339 e. The first-order valence-electron chi connectivity index (χ1n) is 13.3. The zero-order chi connectivity index (χ0) is 28.8. The molecule has 0 aromatic carbocycles. The summed E-state index contributed by atoms with van der Waals surface area (Å²) in [5.74, 6) is -0.102. The molecule has 0 radical (unpaired) electrons. The molecule has 3 aromatic rings. The van der Waals surface area contributed by atoms with Gasteiger partial charge in [0.15, 0.2) is 5.69 Å². The van der Waals surface area contributed by atoms with E-state index in [1.807, 2.05) is 18.9 Å². The van der Waals surface area contributed by atoms with Gasteiger partial charge < -0.3 is 10.6 Å². The van der Waals surface area contributed by atoms with Crippen LogP contribution in [0.2, 0.25) is 0 Å². The third kappa shape index (κ3) is 5.80. The number of rotatable bonds is 10. The van der Waals surface area contributed by atoms with Gasteiger partial charge >= 0.3 is 6.18 Å². The average Bonchev–Trinajstić information content (AvgIpc) is 3.81. The molecular formula is C26H31F3N8O3. The van der Waals surface area contributed by atoms with E-state index in [-0.39, 0.29) is 29.1 Å². The smallest absolute Gasteiger partial charge is 0.339 e. The van der Waals surface area contributed by atoms with Gasteiger partial charge in [0.1, 0.15) is 11.7 Å². The molecule has 0 spiro atoms. The highest BCUT2D eigenvalue weighted by Gasteiger charge is 2.48. The Morgan fingerprint density at radius 1 is 1.10 bits per heavy atom. The van der Waals surface area contributed by atoms with E-state index >= 15 is 0 Å². The molecule has 2 amide bonds. The van der Waals surface area contributed by atoms with Crippen molar-refractivity contribution in [1.82, 2.24) is 35.1 Å². The van der Waals surface area contributed by atoms with Crippen molar-refractivity contribution in [2.45, 2.75) is 70.8 Å². The molecule has 3 aromatic heterocycles. The number of halogens is 3. The molecule has 5 rings (SSSR count). The Bertz CT molecular complexity index is 1440. The first-order chi connectivity index (χ1) is 18.9. The van der Waals surface area contributed by atoms with E-state index in [0.717, 1.165) is 25.7 Å². The van der Waals surface area contributed by atoms with Crippen molar-refractivity contribution in [3.63, 3.8) is 0 Å². The number of hydrogen-bond acceptors (Lipinski definition) is 6. The molecule has 11 nitrogen and oxygen atoms in total. The largest absolute Gasteiger partial charge is 0.435 e. The van der Waals surface area contributed by atoms with E-state index in [9.17, 15) is 27.6 Å². The molecular weight excluding hydrogens is 529 g/mol. The molecule has 3 heterocycles. The number of alkyl halides is 3. The number of nitrogens with one attached hydrogen (secondary N) is 3. The third-order valence-corrected chi connectivity index (χ3v) is 7.52. The number of hydrogen-bond donors (Lipinski definition) is 3. The Labute approximate surface area is 227 Å². The quantitative estimate of drug-likeness (QED) is 0.347. The number of aromatic nitrogens is 6. The van der Waals surface area contributed by atoms with E-state index in [0.29, 0.717) is 23.6 Å². The molecule has 2 aliphatic carbocycles. The fraction of sp³-hybridized carbons (Fsp3) is 0.538. The summed E-state index contributed by atoms with van der Waals surface area (Å²) in [6.07, 6.45) is 3.61. The fourth-order valence-corrected chi connectivity index (χ4v) is 5.20. The molecule has 2 fully saturated rings. The van der Waals surface area contributed by atoms with Crippen LogP contribution in [0.1, 0.15) is 80.3 Å². The van der Waals surface area contributed by atoms with Crippen LogP contribution in [0.3, 0.4) is 0 Å². The van der Waals surface area contributed by atoms with E-state index in [1.165, 1.54) is 24.0 Å². The summed E-state index contributed by atoms with van der Waals surface area (Å²) in [4.78, 5) is 39.1. The van der Waals surface area contributed by atoms with Crippen molar-refractivity contribution in [2.24, 2.45) is 17.8 Å². The van der Waals surface area contributed by atoms with Crippen LogP contribution in [-0.4, -0.2) is 47.6 Å². The van der Waals surface area contributed by atoms with Crippen molar-refractivity contribution in [1.29, 1.82) is 0 Å². The van der Waals surface area contributed by atoms with Crippen LogP contribution in [0.4, 0.5) is 18.9 Å². The molecule has 2 unspecified atom stereocenters. The van der Waals surface area contributed by atoms with Gasteiger partial charge in [-0.3, -0.25) is 23.7 Å². The van der Waals surface area contributed by atoms with E-state index in [1.54, 1.807) is 16.9 Å². The van der Waals surface area contributed by atoms with E-state index < -0.39 is 35.4 Å². The van der Waals surface area contributed by atoms with Crippen LogP contribution < -0.4 is 16.2 Å². The van der Waals surface area contributed by atoms with Crippen LogP contribution in [0.5, 0.6) is 0 Å². The zero-order valence-electron chi connectivity index (χ0n) is 22.3. The van der Waals surface area contributed by atoms with Gasteiger partial charge in [0.2, 0.25) is 5.91 Å². The first kappa shape index (κ1) is 27.6. The van der Waals surface area contributed by atoms with Crippen molar-refractivity contribution in [3.05, 3.63) is 58.0 Å². The zero-order valence-corrected chi connectivity index (χ0v) is 22.3. The normalized spacial score (nSPS) is 17.2. The number of nitrogens with zero attached hydrogens (tertiary/aromatic N) is 5. The van der Waals surface area contributed by atoms with Gasteiger partial charge in [-0.15, -0.1) is 0 Å². The van der Waals surface area contributed by atoms with Gasteiger partial charge in [-0.05, 0) is 76.3 Å². The highest BCUT2D eigenvalue weighted by atomic mass is 19.4. The Balaban J connectivity index is 1.36. The predicted molar refractivity (Wildman–Crippen MR) is 137 cm³/mol. The van der Waals surface area contributed by atoms with Crippen molar-refractivity contribution in [3.8, 4) is 0 Å². The van der Waals surface area contributed by atoms with Crippen LogP contribution >= 0.6 is 0 Å². The van der Waals surface area contributed by atoms with Crippen molar-refractivity contribution < 1.29 is 22.8 Å². The van der Waals surface area contributed by atoms with Gasteiger partial charge in [-0.2, -0.15) is 28.5 Å². The minimum absolute atomic E-state index is 0.00972. The topological polar surface area (TPSA) is 140 Å². The second-order valence-corrected chi connectivity index (χ2v) is 10.9. The molecule has 3 N–H and O–H groups in total. The standard InChI is InChI=1S/C26H31F3N8O3/c1-13(2)37-19(8-9-30-37)24(39)33-22(21(15-4-5-15)16-6-7-16)25(40)32-17-11-31-36(12-17)14(3)18-10-20(26(27,28)29)34-35-23(18)38/h8-16,21-22H,4-7H2,1-3H3,(H,32,40)(H,33,39)(H,35,38). The Morgan fingerprint density at radius 2 is 1.77 bits per heavy atom. The highest BCUT2D eigenvalue weighted by molar-refractivity contribution is 6.00. The summed E-state index contributed by atoms with van der Waals surface area (Å²) in [5.41, 5.74) is -1.53. The second-order valence-electron chi connectivity index (χ2n) is 10.9. The lowest BCUT2D eigenvalue weighted by Crippen LogP contribution is -2.50. The lowest BCUT2D eigenvalue weighted by molar-refractivity contribution is -0.141. The molecule has 2 saturated carbocycles. The summed E-state index contributed by atoms with van der Waals surface area (Å²) in [6.45, 7) is 5.33. The third-order valence-electron chi connectivity index (χ3n) is 7.52. The number of carbonyl (C=O) groups is 2. The van der Waals surface area contributed by atoms with Gasteiger partial charge in [0, 0.05) is 24.0 Å². The maximum atomic E-state index is 13.6. The van der Waals surface area contributed by atoms with Gasteiger partial charge in [0.25, 0.3) is 11.5 Å². The van der Waals surface area contributed by atoms with Crippen LogP contribution in [0, 0.1) is 17.8 Å². The second kappa shape index (κ2) is 10.5. The number of carbonyl (C=O) groups excluding carboxylic acids is 2. The Morgan fingerprint density at radius 3 is 2.38 bits per heavy atom. The highest BCUT2D eigenvalue weighted by Crippen LogP contribution is 2.51. The van der Waals surface area contributed by atoms with Gasteiger partial charge in [0.05, 0.1) is 17.9 Å². The van der Waals surface area contributed by atoms with E-state index in [4.69, 9.17) is 0 Å².